The number of nitrogens with two attached hydrogens (primary N) is 1. The van der Waals surface area contributed by atoms with Crippen molar-refractivity contribution in [2.75, 3.05) is 10.5 Å². The number of nitro benzene ring substituents is 1. The van der Waals surface area contributed by atoms with Gasteiger partial charge in [0.05, 0.1) is 15.4 Å². The Labute approximate surface area is 175 Å². The molecule has 3 aromatic rings. The van der Waals surface area contributed by atoms with E-state index in [0.29, 0.717) is 23.6 Å². The maximum Gasteiger partial charge on any atom is 0.416 e. The van der Waals surface area contributed by atoms with Gasteiger partial charge < -0.3 is 5.73 Å². The van der Waals surface area contributed by atoms with Crippen LogP contribution in [-0.4, -0.2) is 13.3 Å². The zero-order valence-electron chi connectivity index (χ0n) is 15.8. The van der Waals surface area contributed by atoms with E-state index in [-0.39, 0.29) is 17.1 Å². The van der Waals surface area contributed by atoms with Crippen molar-refractivity contribution in [1.29, 1.82) is 0 Å². The highest BCUT2D eigenvalue weighted by molar-refractivity contribution is 7.92. The molecule has 31 heavy (non-hydrogen) atoms. The summed E-state index contributed by atoms with van der Waals surface area (Å²) in [6.45, 7) is 0. The smallest absolute Gasteiger partial charge is 0.393 e. The topological polar surface area (TPSA) is 115 Å². The number of hydrogen-bond acceptors (Lipinski definition) is 5. The Bertz CT molecular complexity index is 1240. The molecule has 0 amide bonds. The fourth-order valence-electron chi connectivity index (χ4n) is 2.91. The van der Waals surface area contributed by atoms with E-state index in [1.54, 1.807) is 12.1 Å². The van der Waals surface area contributed by atoms with Gasteiger partial charge in [-0.3, -0.25) is 14.8 Å². The van der Waals surface area contributed by atoms with Gasteiger partial charge in [-0.25, -0.2) is 8.42 Å². The van der Waals surface area contributed by atoms with Gasteiger partial charge in [0.25, 0.3) is 15.7 Å². The normalized spacial score (nSPS) is 11.8. The van der Waals surface area contributed by atoms with Crippen molar-refractivity contribution in [3.05, 3.63) is 93.5 Å². The van der Waals surface area contributed by atoms with Gasteiger partial charge in [-0.1, -0.05) is 24.3 Å². The Morgan fingerprint density at radius 3 is 2.29 bits per heavy atom. The van der Waals surface area contributed by atoms with E-state index < -0.39 is 31.6 Å². The number of alkyl halides is 3. The number of anilines is 2. The summed E-state index contributed by atoms with van der Waals surface area (Å²) >= 11 is 0. The van der Waals surface area contributed by atoms with Crippen LogP contribution < -0.4 is 10.5 Å². The third-order valence-corrected chi connectivity index (χ3v) is 5.73. The van der Waals surface area contributed by atoms with E-state index in [9.17, 15) is 31.7 Å². The lowest BCUT2D eigenvalue weighted by Crippen LogP contribution is -2.14. The average Bonchev–Trinajstić information content (AvgIpc) is 2.67. The second-order valence-electron chi connectivity index (χ2n) is 6.66. The number of benzene rings is 3. The number of nitro groups is 1. The summed E-state index contributed by atoms with van der Waals surface area (Å²) in [5.74, 6) is 0. The zero-order valence-corrected chi connectivity index (χ0v) is 16.6. The SMILES string of the molecule is Nc1cc(Cc2cccc(NS(=O)(=O)c3cccc(C(F)(F)F)c3)c2)ccc1[N+](=O)[O-]. The molecule has 0 bridgehead atoms. The fraction of sp³-hybridized carbons (Fsp3) is 0.100. The second kappa shape index (κ2) is 8.26. The van der Waals surface area contributed by atoms with Gasteiger partial charge in [0.15, 0.2) is 0 Å². The van der Waals surface area contributed by atoms with Crippen LogP contribution in [0.3, 0.4) is 0 Å². The molecule has 7 nitrogen and oxygen atoms in total. The first kappa shape index (κ1) is 22.1. The lowest BCUT2D eigenvalue weighted by atomic mass is 10.0. The first-order valence-electron chi connectivity index (χ1n) is 8.77. The molecule has 0 unspecified atom stereocenters. The van der Waals surface area contributed by atoms with Gasteiger partial charge in [0.2, 0.25) is 0 Å². The molecule has 0 fully saturated rings. The lowest BCUT2D eigenvalue weighted by molar-refractivity contribution is -0.383. The molecule has 0 atom stereocenters. The van der Waals surface area contributed by atoms with E-state index >= 15 is 0 Å². The molecule has 0 aliphatic carbocycles. The Morgan fingerprint density at radius 2 is 1.65 bits per heavy atom. The summed E-state index contributed by atoms with van der Waals surface area (Å²) in [6, 6.07) is 14.0. The van der Waals surface area contributed by atoms with Crippen molar-refractivity contribution in [2.45, 2.75) is 17.5 Å². The molecule has 0 saturated heterocycles. The van der Waals surface area contributed by atoms with Crippen LogP contribution >= 0.6 is 0 Å². The van der Waals surface area contributed by atoms with Crippen LogP contribution in [0.25, 0.3) is 0 Å². The van der Waals surface area contributed by atoms with E-state index in [0.717, 1.165) is 18.2 Å². The monoisotopic (exact) mass is 451 g/mol. The molecule has 0 saturated carbocycles. The van der Waals surface area contributed by atoms with E-state index in [4.69, 9.17) is 5.73 Å². The number of nitrogen functional groups attached to an aromatic ring is 1. The van der Waals surface area contributed by atoms with Crippen molar-refractivity contribution in [3.63, 3.8) is 0 Å². The predicted octanol–water partition coefficient (Wildman–Crippen LogP) is 4.59. The number of hydrogen-bond donors (Lipinski definition) is 2. The number of nitrogens with one attached hydrogen (secondary N) is 1. The highest BCUT2D eigenvalue weighted by Gasteiger charge is 2.31. The highest BCUT2D eigenvalue weighted by atomic mass is 32.2. The molecule has 3 aromatic carbocycles. The fourth-order valence-corrected chi connectivity index (χ4v) is 4.01. The number of sulfonamides is 1. The molecule has 0 aliphatic heterocycles. The quantitative estimate of drug-likeness (QED) is 0.323. The van der Waals surface area contributed by atoms with E-state index in [1.165, 1.54) is 30.3 Å². The predicted molar refractivity (Wildman–Crippen MR) is 109 cm³/mol. The van der Waals surface area contributed by atoms with Crippen LogP contribution in [0.2, 0.25) is 0 Å². The van der Waals surface area contributed by atoms with Gasteiger partial charge in [0.1, 0.15) is 5.69 Å². The summed E-state index contributed by atoms with van der Waals surface area (Å²) in [4.78, 5) is 9.75. The summed E-state index contributed by atoms with van der Waals surface area (Å²) < 4.78 is 66.0. The third-order valence-electron chi connectivity index (χ3n) is 4.35. The van der Waals surface area contributed by atoms with E-state index in [2.05, 4.69) is 4.72 Å². The van der Waals surface area contributed by atoms with Gasteiger partial charge >= 0.3 is 6.18 Å². The number of rotatable bonds is 6. The standard InChI is InChI=1S/C20H16F3N3O4S/c21-20(22,23)15-4-2-6-17(12-15)31(29,30)25-16-5-1-3-13(10-16)9-14-7-8-19(26(27)28)18(24)11-14/h1-8,10-12,25H,9,24H2. The maximum atomic E-state index is 12.9. The highest BCUT2D eigenvalue weighted by Crippen LogP contribution is 2.31. The lowest BCUT2D eigenvalue weighted by Gasteiger charge is -2.12. The van der Waals surface area contributed by atoms with Crippen LogP contribution in [0.5, 0.6) is 0 Å². The Balaban J connectivity index is 1.82. The van der Waals surface area contributed by atoms with Crippen molar-refractivity contribution in [3.8, 4) is 0 Å². The molecule has 0 spiro atoms. The molecule has 0 heterocycles. The van der Waals surface area contributed by atoms with Crippen LogP contribution in [0.1, 0.15) is 16.7 Å². The Morgan fingerprint density at radius 1 is 0.968 bits per heavy atom. The maximum absolute atomic E-state index is 12.9. The Hall–Kier alpha value is -3.60. The minimum atomic E-state index is -4.67. The summed E-state index contributed by atoms with van der Waals surface area (Å²) in [6.07, 6.45) is -4.36. The summed E-state index contributed by atoms with van der Waals surface area (Å²) in [7, 11) is -4.25. The molecule has 3 rings (SSSR count). The van der Waals surface area contributed by atoms with Crippen LogP contribution in [0.15, 0.2) is 71.6 Å². The average molecular weight is 451 g/mol. The minimum Gasteiger partial charge on any atom is -0.393 e. The van der Waals surface area contributed by atoms with Crippen molar-refractivity contribution in [2.24, 2.45) is 0 Å². The summed E-state index contributed by atoms with van der Waals surface area (Å²) in [5, 5.41) is 10.9. The third kappa shape index (κ3) is 5.31. The molecule has 0 aliphatic rings. The molecular weight excluding hydrogens is 435 g/mol. The molecular formula is C20H16F3N3O4S. The van der Waals surface area contributed by atoms with Gasteiger partial charge in [-0.05, 0) is 53.9 Å². The van der Waals surface area contributed by atoms with Gasteiger partial charge in [-0.2, -0.15) is 13.2 Å². The molecule has 3 N–H and O–H groups in total. The molecule has 0 radical (unpaired) electrons. The molecule has 162 valence electrons. The van der Waals surface area contributed by atoms with Crippen LogP contribution in [0, 0.1) is 10.1 Å². The van der Waals surface area contributed by atoms with Gasteiger partial charge in [0, 0.05) is 11.8 Å². The minimum absolute atomic E-state index is 0.00361. The number of halogens is 3. The second-order valence-corrected chi connectivity index (χ2v) is 8.34. The van der Waals surface area contributed by atoms with Crippen molar-refractivity contribution in [1.82, 2.24) is 0 Å². The largest absolute Gasteiger partial charge is 0.416 e. The van der Waals surface area contributed by atoms with Crippen molar-refractivity contribution < 1.29 is 26.5 Å². The zero-order chi connectivity index (χ0) is 22.8. The molecule has 11 heteroatoms. The summed E-state index contributed by atoms with van der Waals surface area (Å²) in [5.41, 5.74) is 5.89. The molecule has 0 aromatic heterocycles. The first-order valence-corrected chi connectivity index (χ1v) is 10.3. The first-order chi connectivity index (χ1) is 14.5. The van der Waals surface area contributed by atoms with Crippen LogP contribution in [-0.2, 0) is 22.6 Å². The Kier molecular flexibility index (Phi) is 5.89. The van der Waals surface area contributed by atoms with Crippen molar-refractivity contribution >= 4 is 27.1 Å². The number of nitrogens with zero attached hydrogens (tertiary/aromatic N) is 1. The van der Waals surface area contributed by atoms with E-state index in [1.807, 2.05) is 0 Å². The van der Waals surface area contributed by atoms with Crippen LogP contribution in [0.4, 0.5) is 30.2 Å². The van der Waals surface area contributed by atoms with Gasteiger partial charge in [-0.15, -0.1) is 0 Å².